The summed E-state index contributed by atoms with van der Waals surface area (Å²) in [5.41, 5.74) is 0.0371. The number of benzene rings is 1. The van der Waals surface area contributed by atoms with Crippen LogP contribution in [0.2, 0.25) is 10.0 Å². The highest BCUT2D eigenvalue weighted by Gasteiger charge is 2.22. The van der Waals surface area contributed by atoms with Crippen molar-refractivity contribution in [1.82, 2.24) is 0 Å². The lowest BCUT2D eigenvalue weighted by atomic mass is 10.3. The third-order valence-electron chi connectivity index (χ3n) is 2.39. The molecule has 0 radical (unpaired) electrons. The van der Waals surface area contributed by atoms with Crippen molar-refractivity contribution in [3.05, 3.63) is 42.7 Å². The number of sulfonamides is 1. The topological polar surface area (TPSA) is 66.4 Å². The van der Waals surface area contributed by atoms with Gasteiger partial charge in [-0.3, -0.25) is 4.72 Å². The van der Waals surface area contributed by atoms with Crippen molar-refractivity contribution in [2.24, 2.45) is 0 Å². The predicted molar refractivity (Wildman–Crippen MR) is 85.2 cm³/mol. The summed E-state index contributed by atoms with van der Waals surface area (Å²) < 4.78 is 40.4. The number of thiophene rings is 1. The van der Waals surface area contributed by atoms with Gasteiger partial charge in [-0.05, 0) is 34.1 Å². The molecule has 0 unspecified atom stereocenters. The summed E-state index contributed by atoms with van der Waals surface area (Å²) >= 11 is 15.5. The van der Waals surface area contributed by atoms with Crippen LogP contribution in [0.3, 0.4) is 0 Å². The SMILES string of the molecule is O=S(=O)(Nc1cc(Cl)c(F)c(Cl)c1)c1cc(CO)sc1Br. The van der Waals surface area contributed by atoms with Crippen molar-refractivity contribution in [2.45, 2.75) is 11.5 Å². The van der Waals surface area contributed by atoms with Crippen LogP contribution < -0.4 is 4.72 Å². The number of aliphatic hydroxyl groups excluding tert-OH is 1. The van der Waals surface area contributed by atoms with Gasteiger partial charge in [-0.25, -0.2) is 12.8 Å². The molecule has 2 rings (SSSR count). The Hall–Kier alpha value is -0.380. The van der Waals surface area contributed by atoms with Crippen LogP contribution in [-0.4, -0.2) is 13.5 Å². The van der Waals surface area contributed by atoms with E-state index in [1.165, 1.54) is 6.07 Å². The minimum absolute atomic E-state index is 0.0341. The zero-order valence-corrected chi connectivity index (χ0v) is 14.8. The number of hydrogen-bond acceptors (Lipinski definition) is 4. The van der Waals surface area contributed by atoms with Gasteiger partial charge in [0.05, 0.1) is 26.1 Å². The maximum atomic E-state index is 13.3. The number of nitrogens with one attached hydrogen (secondary N) is 1. The van der Waals surface area contributed by atoms with Crippen molar-refractivity contribution in [3.63, 3.8) is 0 Å². The first-order valence-corrected chi connectivity index (χ1v) is 9.16. The average molecular weight is 435 g/mol. The zero-order chi connectivity index (χ0) is 15.8. The Labute approximate surface area is 142 Å². The molecular formula is C11H7BrCl2FNO3S2. The standard InChI is InChI=1S/C11H7BrCl2FNO3S2/c12-11-9(3-6(4-17)20-11)21(18,19)16-5-1-7(13)10(15)8(14)2-5/h1-3,16-17H,4H2. The molecule has 0 aliphatic rings. The lowest BCUT2D eigenvalue weighted by Gasteiger charge is -2.08. The van der Waals surface area contributed by atoms with E-state index in [1.807, 2.05) is 0 Å². The third kappa shape index (κ3) is 3.69. The van der Waals surface area contributed by atoms with Crippen molar-refractivity contribution < 1.29 is 17.9 Å². The minimum Gasteiger partial charge on any atom is -0.391 e. The largest absolute Gasteiger partial charge is 0.391 e. The number of aliphatic hydroxyl groups is 1. The monoisotopic (exact) mass is 433 g/mol. The molecule has 0 fully saturated rings. The first kappa shape index (κ1) is 17.0. The Balaban J connectivity index is 2.39. The molecule has 21 heavy (non-hydrogen) atoms. The highest BCUT2D eigenvalue weighted by Crippen LogP contribution is 2.34. The fourth-order valence-electron chi connectivity index (χ4n) is 1.48. The molecule has 0 aliphatic heterocycles. The molecule has 2 aromatic rings. The van der Waals surface area contributed by atoms with E-state index in [-0.39, 0.29) is 27.2 Å². The van der Waals surface area contributed by atoms with Gasteiger partial charge >= 0.3 is 0 Å². The van der Waals surface area contributed by atoms with Crippen LogP contribution in [0.4, 0.5) is 10.1 Å². The Morgan fingerprint density at radius 1 is 1.29 bits per heavy atom. The number of rotatable bonds is 4. The van der Waals surface area contributed by atoms with Crippen LogP contribution in [0.5, 0.6) is 0 Å². The fraction of sp³-hybridized carbons (Fsp3) is 0.0909. The lowest BCUT2D eigenvalue weighted by Crippen LogP contribution is -2.12. The van der Waals surface area contributed by atoms with E-state index in [2.05, 4.69) is 20.7 Å². The molecule has 10 heteroatoms. The summed E-state index contributed by atoms with van der Waals surface area (Å²) in [6.07, 6.45) is 0. The molecule has 0 atom stereocenters. The minimum atomic E-state index is -3.92. The number of halogens is 4. The van der Waals surface area contributed by atoms with Gasteiger partial charge in [-0.15, -0.1) is 11.3 Å². The van der Waals surface area contributed by atoms with Crippen LogP contribution in [-0.2, 0) is 16.6 Å². The van der Waals surface area contributed by atoms with Gasteiger partial charge in [-0.1, -0.05) is 23.2 Å². The van der Waals surface area contributed by atoms with Crippen LogP contribution in [0.15, 0.2) is 26.9 Å². The van der Waals surface area contributed by atoms with Gasteiger partial charge in [0.15, 0.2) is 5.82 Å². The van der Waals surface area contributed by atoms with Crippen LogP contribution >= 0.6 is 50.5 Å². The van der Waals surface area contributed by atoms with E-state index >= 15 is 0 Å². The second kappa shape index (κ2) is 6.39. The van der Waals surface area contributed by atoms with E-state index in [0.29, 0.717) is 8.66 Å². The van der Waals surface area contributed by atoms with Gasteiger partial charge in [0.25, 0.3) is 10.0 Å². The highest BCUT2D eigenvalue weighted by molar-refractivity contribution is 9.11. The molecule has 4 nitrogen and oxygen atoms in total. The molecule has 0 amide bonds. The van der Waals surface area contributed by atoms with Gasteiger partial charge in [0.1, 0.15) is 4.90 Å². The maximum absolute atomic E-state index is 13.3. The Kier molecular flexibility index (Phi) is 5.17. The summed E-state index contributed by atoms with van der Waals surface area (Å²) in [7, 11) is -3.92. The maximum Gasteiger partial charge on any atom is 0.263 e. The molecular weight excluding hydrogens is 428 g/mol. The summed E-state index contributed by atoms with van der Waals surface area (Å²) in [4.78, 5) is 0.450. The summed E-state index contributed by atoms with van der Waals surface area (Å²) in [5.74, 6) is -0.819. The van der Waals surface area contributed by atoms with Crippen LogP contribution in [0, 0.1) is 5.82 Å². The van der Waals surface area contributed by atoms with E-state index in [0.717, 1.165) is 23.5 Å². The fourth-order valence-corrected chi connectivity index (χ4v) is 5.55. The van der Waals surface area contributed by atoms with E-state index in [4.69, 9.17) is 28.3 Å². The van der Waals surface area contributed by atoms with Crippen LogP contribution in [0.1, 0.15) is 4.88 Å². The quantitative estimate of drug-likeness (QED) is 0.707. The molecule has 0 spiro atoms. The van der Waals surface area contributed by atoms with Crippen molar-refractivity contribution in [1.29, 1.82) is 0 Å². The van der Waals surface area contributed by atoms with Crippen molar-refractivity contribution in [3.8, 4) is 0 Å². The van der Waals surface area contributed by atoms with Gasteiger partial charge < -0.3 is 5.11 Å². The van der Waals surface area contributed by atoms with Gasteiger partial charge in [0.2, 0.25) is 0 Å². The van der Waals surface area contributed by atoms with Gasteiger partial charge in [-0.2, -0.15) is 0 Å². The first-order valence-electron chi connectivity index (χ1n) is 5.31. The smallest absolute Gasteiger partial charge is 0.263 e. The molecule has 1 aromatic carbocycles. The number of hydrogen-bond donors (Lipinski definition) is 2. The third-order valence-corrected chi connectivity index (χ3v) is 6.56. The highest BCUT2D eigenvalue weighted by atomic mass is 79.9. The Bertz CT molecular complexity index is 772. The number of anilines is 1. The first-order chi connectivity index (χ1) is 9.74. The van der Waals surface area contributed by atoms with Crippen molar-refractivity contribution in [2.75, 3.05) is 4.72 Å². The van der Waals surface area contributed by atoms with E-state index < -0.39 is 15.8 Å². The second-order valence-electron chi connectivity index (χ2n) is 3.87. The normalized spacial score (nSPS) is 11.7. The molecule has 114 valence electrons. The second-order valence-corrected chi connectivity index (χ2v) is 8.79. The molecule has 0 bridgehead atoms. The van der Waals surface area contributed by atoms with E-state index in [1.54, 1.807) is 0 Å². The van der Waals surface area contributed by atoms with Gasteiger partial charge in [0, 0.05) is 4.88 Å². The van der Waals surface area contributed by atoms with E-state index in [9.17, 15) is 12.8 Å². The zero-order valence-electron chi connectivity index (χ0n) is 10.0. The Morgan fingerprint density at radius 3 is 2.33 bits per heavy atom. The lowest BCUT2D eigenvalue weighted by molar-refractivity contribution is 0.285. The van der Waals surface area contributed by atoms with Crippen molar-refractivity contribution >= 4 is 66.2 Å². The summed E-state index contributed by atoms with van der Waals surface area (Å²) in [5, 5.41) is 8.45. The van der Waals surface area contributed by atoms with Crippen LogP contribution in [0.25, 0.3) is 0 Å². The molecule has 2 N–H and O–H groups in total. The molecule has 0 saturated heterocycles. The molecule has 0 saturated carbocycles. The summed E-state index contributed by atoms with van der Waals surface area (Å²) in [6, 6.07) is 3.57. The molecule has 1 aromatic heterocycles. The molecule has 1 heterocycles. The predicted octanol–water partition coefficient (Wildman–Crippen LogP) is 4.25. The Morgan fingerprint density at radius 2 is 1.86 bits per heavy atom. The molecule has 0 aliphatic carbocycles. The average Bonchev–Trinajstić information content (AvgIpc) is 2.77. The summed E-state index contributed by atoms with van der Waals surface area (Å²) in [6.45, 7) is -0.271.